The number of fused-ring (bicyclic) bond motifs is 1. The molecule has 1 atom stereocenters. The zero-order valence-corrected chi connectivity index (χ0v) is 12.8. The van der Waals surface area contributed by atoms with Crippen LogP contribution in [0.1, 0.15) is 30.0 Å². The van der Waals surface area contributed by atoms with Gasteiger partial charge in [0.15, 0.2) is 0 Å². The van der Waals surface area contributed by atoms with Gasteiger partial charge in [-0.15, -0.1) is 11.6 Å². The van der Waals surface area contributed by atoms with Gasteiger partial charge >= 0.3 is 0 Å². The van der Waals surface area contributed by atoms with Gasteiger partial charge in [-0.3, -0.25) is 0 Å². The van der Waals surface area contributed by atoms with Gasteiger partial charge in [-0.1, -0.05) is 24.3 Å². The Morgan fingerprint density at radius 2 is 2.05 bits per heavy atom. The number of aryl methyl sites for hydroxylation is 1. The Labute approximate surface area is 130 Å². The lowest BCUT2D eigenvalue weighted by Crippen LogP contribution is -2.33. The minimum Gasteiger partial charge on any atom is -0.337 e. The summed E-state index contributed by atoms with van der Waals surface area (Å²) in [5, 5.41) is 9.48. The molecule has 0 N–H and O–H groups in total. The molecule has 0 aliphatic carbocycles. The molecule has 2 nitrogen and oxygen atoms in total. The standard InChI is InChI=1S/C18H17ClN2/c1-13-6-8-15-4-2-3-5-17(15)21(13)18-9-7-14(11-19)10-16(18)12-20/h2-5,7,9-10,13H,6,8,11H2,1H3. The number of halogens is 1. The molecule has 1 heterocycles. The number of hydrogen-bond acceptors (Lipinski definition) is 2. The fourth-order valence-electron chi connectivity index (χ4n) is 3.02. The van der Waals surface area contributed by atoms with Gasteiger partial charge in [0.05, 0.1) is 11.3 Å². The van der Waals surface area contributed by atoms with Gasteiger partial charge in [0.2, 0.25) is 0 Å². The van der Waals surface area contributed by atoms with E-state index >= 15 is 0 Å². The summed E-state index contributed by atoms with van der Waals surface area (Å²) >= 11 is 5.88. The van der Waals surface area contributed by atoms with Crippen LogP contribution in [0.15, 0.2) is 42.5 Å². The van der Waals surface area contributed by atoms with Crippen molar-refractivity contribution in [2.45, 2.75) is 31.7 Å². The van der Waals surface area contributed by atoms with Crippen molar-refractivity contribution in [1.29, 1.82) is 5.26 Å². The maximum Gasteiger partial charge on any atom is 0.101 e. The highest BCUT2D eigenvalue weighted by molar-refractivity contribution is 6.17. The highest BCUT2D eigenvalue weighted by Crippen LogP contribution is 2.38. The van der Waals surface area contributed by atoms with Gasteiger partial charge in [0.25, 0.3) is 0 Å². The molecular formula is C18H17ClN2. The van der Waals surface area contributed by atoms with Crippen LogP contribution in [0, 0.1) is 11.3 Å². The number of nitrogens with zero attached hydrogens (tertiary/aromatic N) is 2. The summed E-state index contributed by atoms with van der Waals surface area (Å²) in [4.78, 5) is 2.29. The first kappa shape index (κ1) is 14.0. The zero-order valence-electron chi connectivity index (χ0n) is 12.0. The van der Waals surface area contributed by atoms with Crippen LogP contribution in [0.5, 0.6) is 0 Å². The van der Waals surface area contributed by atoms with Crippen LogP contribution in [0.2, 0.25) is 0 Å². The summed E-state index contributed by atoms with van der Waals surface area (Å²) in [6.07, 6.45) is 2.19. The summed E-state index contributed by atoms with van der Waals surface area (Å²) in [6, 6.07) is 17.1. The first-order chi connectivity index (χ1) is 10.2. The van der Waals surface area contributed by atoms with E-state index in [0.717, 1.165) is 24.1 Å². The van der Waals surface area contributed by atoms with Gasteiger partial charge in [0.1, 0.15) is 6.07 Å². The monoisotopic (exact) mass is 296 g/mol. The highest BCUT2D eigenvalue weighted by Gasteiger charge is 2.25. The highest BCUT2D eigenvalue weighted by atomic mass is 35.5. The Morgan fingerprint density at radius 3 is 2.81 bits per heavy atom. The average Bonchev–Trinajstić information content (AvgIpc) is 2.54. The van der Waals surface area contributed by atoms with Crippen molar-refractivity contribution in [1.82, 2.24) is 0 Å². The van der Waals surface area contributed by atoms with Gasteiger partial charge in [0, 0.05) is 17.6 Å². The van der Waals surface area contributed by atoms with Gasteiger partial charge in [-0.05, 0) is 49.1 Å². The summed E-state index contributed by atoms with van der Waals surface area (Å²) in [7, 11) is 0. The quantitative estimate of drug-likeness (QED) is 0.746. The Kier molecular flexibility index (Phi) is 3.86. The molecular weight excluding hydrogens is 280 g/mol. The lowest BCUT2D eigenvalue weighted by molar-refractivity contribution is 0.618. The lowest BCUT2D eigenvalue weighted by atomic mass is 9.95. The number of hydrogen-bond donors (Lipinski definition) is 0. The first-order valence-electron chi connectivity index (χ1n) is 7.20. The second-order valence-corrected chi connectivity index (χ2v) is 5.75. The topological polar surface area (TPSA) is 27.0 Å². The summed E-state index contributed by atoms with van der Waals surface area (Å²) < 4.78 is 0. The molecule has 0 bridgehead atoms. The molecule has 2 aromatic carbocycles. The number of rotatable bonds is 2. The maximum atomic E-state index is 9.48. The van der Waals surface area contributed by atoms with Crippen molar-refractivity contribution in [2.24, 2.45) is 0 Å². The Balaban J connectivity index is 2.14. The molecule has 1 unspecified atom stereocenters. The number of alkyl halides is 1. The van der Waals surface area contributed by atoms with E-state index in [1.807, 2.05) is 18.2 Å². The van der Waals surface area contributed by atoms with E-state index in [-0.39, 0.29) is 0 Å². The second kappa shape index (κ2) is 5.79. The van der Waals surface area contributed by atoms with Crippen LogP contribution in [0.25, 0.3) is 0 Å². The molecule has 0 fully saturated rings. The molecule has 0 spiro atoms. The summed E-state index contributed by atoms with van der Waals surface area (Å²) in [5.41, 5.74) is 5.21. The summed E-state index contributed by atoms with van der Waals surface area (Å²) in [5.74, 6) is 0.432. The normalized spacial score (nSPS) is 17.2. The van der Waals surface area contributed by atoms with Crippen LogP contribution in [-0.2, 0) is 12.3 Å². The van der Waals surface area contributed by atoms with Crippen molar-refractivity contribution in [2.75, 3.05) is 4.90 Å². The predicted octanol–water partition coefficient (Wildman–Crippen LogP) is 4.77. The molecule has 3 heteroatoms. The van der Waals surface area contributed by atoms with Crippen molar-refractivity contribution in [3.63, 3.8) is 0 Å². The van der Waals surface area contributed by atoms with Crippen molar-refractivity contribution in [3.8, 4) is 6.07 Å². The van der Waals surface area contributed by atoms with Crippen LogP contribution >= 0.6 is 11.6 Å². The number of anilines is 2. The number of benzene rings is 2. The smallest absolute Gasteiger partial charge is 0.101 e. The molecule has 0 amide bonds. The van der Waals surface area contributed by atoms with Gasteiger partial charge < -0.3 is 4.90 Å². The van der Waals surface area contributed by atoms with E-state index in [9.17, 15) is 5.26 Å². The van der Waals surface area contributed by atoms with E-state index in [0.29, 0.717) is 17.5 Å². The second-order valence-electron chi connectivity index (χ2n) is 5.48. The fourth-order valence-corrected chi connectivity index (χ4v) is 3.19. The molecule has 0 saturated carbocycles. The summed E-state index contributed by atoms with van der Waals surface area (Å²) in [6.45, 7) is 2.21. The third-order valence-corrected chi connectivity index (χ3v) is 4.43. The van der Waals surface area contributed by atoms with E-state index < -0.39 is 0 Å². The SMILES string of the molecule is CC1CCc2ccccc2N1c1ccc(CCl)cc1C#N. The van der Waals surface area contributed by atoms with Gasteiger partial charge in [-0.2, -0.15) is 5.26 Å². The average molecular weight is 297 g/mol. The largest absolute Gasteiger partial charge is 0.337 e. The van der Waals surface area contributed by atoms with Crippen molar-refractivity contribution < 1.29 is 0 Å². The van der Waals surface area contributed by atoms with E-state index in [1.165, 1.54) is 11.3 Å². The number of para-hydroxylation sites is 1. The molecule has 0 saturated heterocycles. The van der Waals surface area contributed by atoms with Crippen LogP contribution in [0.4, 0.5) is 11.4 Å². The van der Waals surface area contributed by atoms with Crippen molar-refractivity contribution >= 4 is 23.0 Å². The molecule has 3 rings (SSSR count). The molecule has 0 radical (unpaired) electrons. The zero-order chi connectivity index (χ0) is 14.8. The Morgan fingerprint density at radius 1 is 1.24 bits per heavy atom. The third kappa shape index (κ3) is 2.50. The first-order valence-corrected chi connectivity index (χ1v) is 7.74. The predicted molar refractivity (Wildman–Crippen MR) is 87.1 cm³/mol. The van der Waals surface area contributed by atoms with Crippen molar-refractivity contribution in [3.05, 3.63) is 59.2 Å². The molecule has 21 heavy (non-hydrogen) atoms. The molecule has 2 aromatic rings. The van der Waals surface area contributed by atoms with Crippen LogP contribution in [-0.4, -0.2) is 6.04 Å². The molecule has 1 aliphatic heterocycles. The number of nitriles is 1. The minimum absolute atomic E-state index is 0.383. The Bertz CT molecular complexity index is 703. The van der Waals surface area contributed by atoms with Gasteiger partial charge in [-0.25, -0.2) is 0 Å². The maximum absolute atomic E-state index is 9.48. The fraction of sp³-hybridized carbons (Fsp3) is 0.278. The third-order valence-electron chi connectivity index (χ3n) is 4.12. The van der Waals surface area contributed by atoms with E-state index in [1.54, 1.807) is 0 Å². The van der Waals surface area contributed by atoms with E-state index in [4.69, 9.17) is 11.6 Å². The van der Waals surface area contributed by atoms with Crippen LogP contribution in [0.3, 0.4) is 0 Å². The minimum atomic E-state index is 0.383. The van der Waals surface area contributed by atoms with E-state index in [2.05, 4.69) is 42.2 Å². The lowest BCUT2D eigenvalue weighted by Gasteiger charge is -2.37. The Hall–Kier alpha value is -1.98. The van der Waals surface area contributed by atoms with Crippen LogP contribution < -0.4 is 4.90 Å². The molecule has 0 aromatic heterocycles. The molecule has 106 valence electrons. The molecule has 1 aliphatic rings.